The molecule has 0 aliphatic rings. The van der Waals surface area contributed by atoms with E-state index in [0.29, 0.717) is 6.54 Å². The Morgan fingerprint density at radius 3 is 2.72 bits per heavy atom. The molecule has 0 heterocycles. The number of rotatable bonds is 6. The Kier molecular flexibility index (Phi) is 5.15. The summed E-state index contributed by atoms with van der Waals surface area (Å²) >= 11 is 0. The topological polar surface area (TPSA) is 92.4 Å². The number of carboxylic acids is 1. The van der Waals surface area contributed by atoms with E-state index in [1.807, 2.05) is 6.92 Å². The molecule has 6 heteroatoms. The van der Waals surface area contributed by atoms with E-state index in [2.05, 4.69) is 5.32 Å². The van der Waals surface area contributed by atoms with Crippen molar-refractivity contribution < 1.29 is 14.1 Å². The fraction of sp³-hybridized carbons (Fsp3) is 0.417. The monoisotopic (exact) mass is 270 g/mol. The number of hydrogen-bond donors (Lipinski definition) is 3. The summed E-state index contributed by atoms with van der Waals surface area (Å²) in [6, 6.07) is 4.74. The molecule has 1 aromatic rings. The lowest BCUT2D eigenvalue weighted by molar-refractivity contribution is 0.0698. The van der Waals surface area contributed by atoms with E-state index in [0.717, 1.165) is 12.1 Å². The first-order valence-electron chi connectivity index (χ1n) is 5.60. The van der Waals surface area contributed by atoms with Crippen LogP contribution in [0.1, 0.15) is 23.7 Å². The second-order valence-corrected chi connectivity index (χ2v) is 5.93. The minimum atomic E-state index is -1.03. The maximum absolute atomic E-state index is 11.2. The van der Waals surface area contributed by atoms with Crippen LogP contribution in [0.15, 0.2) is 18.2 Å². The van der Waals surface area contributed by atoms with Gasteiger partial charge in [0.1, 0.15) is 0 Å². The summed E-state index contributed by atoms with van der Waals surface area (Å²) in [5, 5.41) is 12.1. The highest BCUT2D eigenvalue weighted by Gasteiger charge is 2.08. The zero-order valence-electron chi connectivity index (χ0n) is 10.5. The standard InChI is InChI=1S/C12H18N2O3S/c1-8(18(2)17)5-6-14-9-3-4-10(12(15)16)11(13)7-9/h3-4,7-8,14H,5-6,13H2,1-2H3,(H,15,16). The summed E-state index contributed by atoms with van der Waals surface area (Å²) in [5.41, 5.74) is 6.74. The van der Waals surface area contributed by atoms with Gasteiger partial charge in [-0.2, -0.15) is 0 Å². The predicted octanol–water partition coefficient (Wildman–Crippen LogP) is 1.54. The van der Waals surface area contributed by atoms with Crippen LogP contribution in [0.2, 0.25) is 0 Å². The van der Waals surface area contributed by atoms with Gasteiger partial charge in [0.15, 0.2) is 0 Å². The van der Waals surface area contributed by atoms with Crippen LogP contribution in [-0.4, -0.2) is 33.3 Å². The van der Waals surface area contributed by atoms with Crippen LogP contribution in [0.3, 0.4) is 0 Å². The highest BCUT2D eigenvalue weighted by atomic mass is 32.2. The van der Waals surface area contributed by atoms with Gasteiger partial charge in [-0.3, -0.25) is 4.21 Å². The Balaban J connectivity index is 2.56. The molecule has 4 N–H and O–H groups in total. The summed E-state index contributed by atoms with van der Waals surface area (Å²) in [5.74, 6) is -1.03. The van der Waals surface area contributed by atoms with Gasteiger partial charge in [-0.1, -0.05) is 6.92 Å². The molecule has 0 aliphatic carbocycles. The Morgan fingerprint density at radius 1 is 1.56 bits per heavy atom. The smallest absolute Gasteiger partial charge is 0.337 e. The highest BCUT2D eigenvalue weighted by Crippen LogP contribution is 2.18. The lowest BCUT2D eigenvalue weighted by atomic mass is 10.1. The molecule has 1 rings (SSSR count). The number of nitrogens with one attached hydrogen (secondary N) is 1. The fourth-order valence-electron chi connectivity index (χ4n) is 1.45. The average molecular weight is 270 g/mol. The van der Waals surface area contributed by atoms with Crippen molar-refractivity contribution in [1.82, 2.24) is 0 Å². The van der Waals surface area contributed by atoms with Crippen LogP contribution in [0.25, 0.3) is 0 Å². The summed E-state index contributed by atoms with van der Waals surface area (Å²) in [6.45, 7) is 2.60. The van der Waals surface area contributed by atoms with Gasteiger partial charge in [-0.15, -0.1) is 0 Å². The molecule has 2 unspecified atom stereocenters. The van der Waals surface area contributed by atoms with Crippen LogP contribution in [0, 0.1) is 0 Å². The minimum absolute atomic E-state index is 0.101. The van der Waals surface area contributed by atoms with Crippen molar-refractivity contribution in [2.45, 2.75) is 18.6 Å². The number of carboxylic acid groups (broad SMARTS) is 1. The summed E-state index contributed by atoms with van der Waals surface area (Å²) in [7, 11) is -0.825. The molecule has 0 saturated heterocycles. The number of aromatic carboxylic acids is 1. The number of carbonyl (C=O) groups is 1. The van der Waals surface area contributed by atoms with E-state index in [4.69, 9.17) is 10.8 Å². The number of hydrogen-bond acceptors (Lipinski definition) is 4. The summed E-state index contributed by atoms with van der Waals surface area (Å²) < 4.78 is 11.2. The van der Waals surface area contributed by atoms with Crippen molar-refractivity contribution in [1.29, 1.82) is 0 Å². The highest BCUT2D eigenvalue weighted by molar-refractivity contribution is 7.84. The second-order valence-electron chi connectivity index (χ2n) is 4.13. The van der Waals surface area contributed by atoms with Crippen molar-refractivity contribution in [2.75, 3.05) is 23.9 Å². The molecule has 0 aromatic heterocycles. The molecule has 5 nitrogen and oxygen atoms in total. The summed E-state index contributed by atoms with van der Waals surface area (Å²) in [4.78, 5) is 10.8. The van der Waals surface area contributed by atoms with E-state index in [1.54, 1.807) is 18.4 Å². The number of benzene rings is 1. The molecule has 18 heavy (non-hydrogen) atoms. The first kappa shape index (κ1) is 14.5. The molecule has 1 aromatic carbocycles. The third kappa shape index (κ3) is 4.03. The van der Waals surface area contributed by atoms with Crippen molar-refractivity contribution >= 4 is 28.1 Å². The first-order chi connectivity index (χ1) is 8.41. The van der Waals surface area contributed by atoms with Gasteiger partial charge in [-0.25, -0.2) is 4.79 Å². The lowest BCUT2D eigenvalue weighted by Crippen LogP contribution is -2.15. The van der Waals surface area contributed by atoms with Crippen LogP contribution in [0.5, 0.6) is 0 Å². The van der Waals surface area contributed by atoms with Crippen molar-refractivity contribution in [3.05, 3.63) is 23.8 Å². The Bertz CT molecular complexity index is 463. The molecule has 0 fully saturated rings. The van der Waals surface area contributed by atoms with Gasteiger partial charge in [0.05, 0.1) is 5.56 Å². The number of anilines is 2. The van der Waals surface area contributed by atoms with Crippen LogP contribution in [0.4, 0.5) is 11.4 Å². The minimum Gasteiger partial charge on any atom is -0.478 e. The molecule has 0 aliphatic heterocycles. The maximum Gasteiger partial charge on any atom is 0.337 e. The Labute approximate surface area is 109 Å². The molecule has 0 spiro atoms. The first-order valence-corrected chi connectivity index (χ1v) is 7.23. The van der Waals surface area contributed by atoms with Gasteiger partial charge in [-0.05, 0) is 24.6 Å². The Hall–Kier alpha value is -1.56. The largest absolute Gasteiger partial charge is 0.478 e. The van der Waals surface area contributed by atoms with Crippen LogP contribution in [-0.2, 0) is 10.8 Å². The van der Waals surface area contributed by atoms with E-state index < -0.39 is 16.8 Å². The van der Waals surface area contributed by atoms with Crippen molar-refractivity contribution in [3.8, 4) is 0 Å². The maximum atomic E-state index is 11.2. The number of nitrogens with two attached hydrogens (primary N) is 1. The normalized spacial score (nSPS) is 13.9. The Morgan fingerprint density at radius 2 is 2.22 bits per heavy atom. The zero-order valence-corrected chi connectivity index (χ0v) is 11.3. The summed E-state index contributed by atoms with van der Waals surface area (Å²) in [6.07, 6.45) is 2.47. The van der Waals surface area contributed by atoms with Crippen LogP contribution >= 0.6 is 0 Å². The van der Waals surface area contributed by atoms with E-state index >= 15 is 0 Å². The van der Waals surface area contributed by atoms with Crippen molar-refractivity contribution in [3.63, 3.8) is 0 Å². The molecule has 0 bridgehead atoms. The lowest BCUT2D eigenvalue weighted by Gasteiger charge is -2.11. The van der Waals surface area contributed by atoms with Crippen molar-refractivity contribution in [2.24, 2.45) is 0 Å². The molecular formula is C12H18N2O3S. The predicted molar refractivity (Wildman–Crippen MR) is 74.4 cm³/mol. The van der Waals surface area contributed by atoms with E-state index in [9.17, 15) is 9.00 Å². The molecule has 100 valence electrons. The van der Waals surface area contributed by atoms with Gasteiger partial charge >= 0.3 is 5.97 Å². The van der Waals surface area contributed by atoms with Gasteiger partial charge in [0, 0.05) is 40.2 Å². The van der Waals surface area contributed by atoms with Gasteiger partial charge in [0.25, 0.3) is 0 Å². The SMILES string of the molecule is CC(CCNc1ccc(C(=O)O)c(N)c1)S(C)=O. The molecule has 2 atom stereocenters. The molecular weight excluding hydrogens is 252 g/mol. The fourth-order valence-corrected chi connectivity index (χ4v) is 1.90. The number of nitrogen functional groups attached to an aromatic ring is 1. The molecule has 0 radical (unpaired) electrons. The van der Waals surface area contributed by atoms with E-state index in [1.165, 1.54) is 6.07 Å². The average Bonchev–Trinajstić information content (AvgIpc) is 2.28. The quantitative estimate of drug-likeness (QED) is 0.682. The third-order valence-electron chi connectivity index (χ3n) is 2.73. The second kappa shape index (κ2) is 6.39. The zero-order chi connectivity index (χ0) is 13.7. The van der Waals surface area contributed by atoms with Crippen LogP contribution < -0.4 is 11.1 Å². The van der Waals surface area contributed by atoms with Gasteiger partial charge in [0.2, 0.25) is 0 Å². The van der Waals surface area contributed by atoms with E-state index in [-0.39, 0.29) is 16.5 Å². The molecule has 0 saturated carbocycles. The molecule has 0 amide bonds. The van der Waals surface area contributed by atoms with Gasteiger partial charge < -0.3 is 16.2 Å². The third-order valence-corrected chi connectivity index (χ3v) is 4.10.